The molecule has 142 valence electrons. The lowest BCUT2D eigenvalue weighted by molar-refractivity contribution is 0.0745. The zero-order valence-electron chi connectivity index (χ0n) is 15.8. The van der Waals surface area contributed by atoms with Crippen LogP contribution in [0.2, 0.25) is 0 Å². The zero-order chi connectivity index (χ0) is 18.6. The maximum atomic E-state index is 12.8. The van der Waals surface area contributed by atoms with Crippen LogP contribution in [0.15, 0.2) is 36.8 Å². The molecule has 0 saturated carbocycles. The van der Waals surface area contributed by atoms with E-state index in [4.69, 9.17) is 0 Å². The summed E-state index contributed by atoms with van der Waals surface area (Å²) in [5.41, 5.74) is 0.565. The van der Waals surface area contributed by atoms with Crippen LogP contribution < -0.4 is 9.80 Å². The summed E-state index contributed by atoms with van der Waals surface area (Å²) in [5.74, 6) is 2.37. The maximum Gasteiger partial charge on any atom is 0.257 e. The Morgan fingerprint density at radius 3 is 2.44 bits per heavy atom. The largest absolute Gasteiger partial charge is 0.353 e. The van der Waals surface area contributed by atoms with Crippen molar-refractivity contribution in [3.8, 4) is 0 Å². The van der Waals surface area contributed by atoms with Crippen LogP contribution in [0, 0.1) is 5.92 Å². The fourth-order valence-electron chi connectivity index (χ4n) is 3.83. The maximum absolute atomic E-state index is 12.8. The van der Waals surface area contributed by atoms with Crippen molar-refractivity contribution >= 4 is 17.7 Å². The topological polar surface area (TPSA) is 65.5 Å². The molecule has 2 aromatic heterocycles. The molecule has 2 fully saturated rings. The number of anilines is 2. The molecule has 0 bridgehead atoms. The molecule has 27 heavy (non-hydrogen) atoms. The van der Waals surface area contributed by atoms with Gasteiger partial charge in [0.05, 0.1) is 5.56 Å². The molecule has 0 aromatic carbocycles. The number of carbonyl (C=O) groups is 1. The monoisotopic (exact) mass is 366 g/mol. The number of amides is 1. The quantitative estimate of drug-likeness (QED) is 0.829. The minimum absolute atomic E-state index is 0.00855. The van der Waals surface area contributed by atoms with E-state index >= 15 is 0 Å². The van der Waals surface area contributed by atoms with E-state index in [0.717, 1.165) is 37.9 Å². The molecule has 2 saturated heterocycles. The Labute approximate surface area is 160 Å². The van der Waals surface area contributed by atoms with Crippen LogP contribution in [0.1, 0.15) is 30.1 Å². The van der Waals surface area contributed by atoms with Gasteiger partial charge in [-0.05, 0) is 30.9 Å². The molecule has 1 atom stereocenters. The average molecular weight is 366 g/mol. The molecule has 0 spiro atoms. The SMILES string of the molecule is CC1CCCN(c2ncc(C(=O)N3CCN(c4ccccn4)CC3)cn2)C1. The minimum atomic E-state index is 0.00855. The smallest absolute Gasteiger partial charge is 0.257 e. The second-order valence-corrected chi connectivity index (χ2v) is 7.43. The van der Waals surface area contributed by atoms with Gasteiger partial charge in [-0.15, -0.1) is 0 Å². The third-order valence-electron chi connectivity index (χ3n) is 5.37. The summed E-state index contributed by atoms with van der Waals surface area (Å²) in [6.07, 6.45) is 7.59. The van der Waals surface area contributed by atoms with Gasteiger partial charge in [-0.25, -0.2) is 15.0 Å². The van der Waals surface area contributed by atoms with E-state index in [1.165, 1.54) is 12.8 Å². The van der Waals surface area contributed by atoms with Crippen LogP contribution in [-0.4, -0.2) is 65.0 Å². The van der Waals surface area contributed by atoms with Crippen LogP contribution in [0.5, 0.6) is 0 Å². The Bertz CT molecular complexity index is 758. The molecule has 0 radical (unpaired) electrons. The van der Waals surface area contributed by atoms with Crippen LogP contribution >= 0.6 is 0 Å². The first kappa shape index (κ1) is 17.7. The summed E-state index contributed by atoms with van der Waals surface area (Å²) in [5, 5.41) is 0. The van der Waals surface area contributed by atoms with Gasteiger partial charge in [0.2, 0.25) is 5.95 Å². The molecule has 4 rings (SSSR count). The van der Waals surface area contributed by atoms with Crippen molar-refractivity contribution in [2.45, 2.75) is 19.8 Å². The predicted molar refractivity (Wildman–Crippen MR) is 105 cm³/mol. The van der Waals surface area contributed by atoms with Gasteiger partial charge < -0.3 is 14.7 Å². The number of piperazine rings is 1. The molecule has 7 heteroatoms. The minimum Gasteiger partial charge on any atom is -0.353 e. The van der Waals surface area contributed by atoms with E-state index in [1.807, 2.05) is 23.1 Å². The summed E-state index contributed by atoms with van der Waals surface area (Å²) in [6.45, 7) is 7.17. The molecular weight excluding hydrogens is 340 g/mol. The number of hydrogen-bond acceptors (Lipinski definition) is 6. The van der Waals surface area contributed by atoms with Gasteiger partial charge in [-0.1, -0.05) is 13.0 Å². The number of aromatic nitrogens is 3. The number of carbonyl (C=O) groups excluding carboxylic acids is 1. The highest BCUT2D eigenvalue weighted by molar-refractivity contribution is 5.93. The Balaban J connectivity index is 1.36. The van der Waals surface area contributed by atoms with Crippen LogP contribution in [-0.2, 0) is 0 Å². The second kappa shape index (κ2) is 7.90. The first-order valence-corrected chi connectivity index (χ1v) is 9.73. The molecule has 1 unspecified atom stereocenters. The van der Waals surface area contributed by atoms with E-state index in [9.17, 15) is 4.79 Å². The lowest BCUT2D eigenvalue weighted by atomic mass is 10.0. The Morgan fingerprint density at radius 1 is 1.00 bits per heavy atom. The van der Waals surface area contributed by atoms with Gasteiger partial charge in [-0.3, -0.25) is 4.79 Å². The third kappa shape index (κ3) is 4.02. The number of nitrogens with zero attached hydrogens (tertiary/aromatic N) is 6. The Hall–Kier alpha value is -2.70. The first-order valence-electron chi connectivity index (χ1n) is 9.73. The molecule has 2 aliphatic heterocycles. The summed E-state index contributed by atoms with van der Waals surface area (Å²) in [6, 6.07) is 5.91. The Morgan fingerprint density at radius 2 is 1.78 bits per heavy atom. The summed E-state index contributed by atoms with van der Waals surface area (Å²) in [7, 11) is 0. The van der Waals surface area contributed by atoms with Crippen molar-refractivity contribution in [2.75, 3.05) is 49.1 Å². The number of rotatable bonds is 3. The fraction of sp³-hybridized carbons (Fsp3) is 0.500. The molecule has 2 aromatic rings. The van der Waals surface area contributed by atoms with Crippen LogP contribution in [0.3, 0.4) is 0 Å². The lowest BCUT2D eigenvalue weighted by Crippen LogP contribution is -2.49. The first-order chi connectivity index (χ1) is 13.2. The predicted octanol–water partition coefficient (Wildman–Crippen LogP) is 2.07. The highest BCUT2D eigenvalue weighted by Crippen LogP contribution is 2.20. The van der Waals surface area contributed by atoms with Gasteiger partial charge in [0.25, 0.3) is 5.91 Å². The van der Waals surface area contributed by atoms with Crippen molar-refractivity contribution in [3.63, 3.8) is 0 Å². The van der Waals surface area contributed by atoms with Gasteiger partial charge >= 0.3 is 0 Å². The van der Waals surface area contributed by atoms with Crippen LogP contribution in [0.4, 0.5) is 11.8 Å². The molecule has 1 amide bonds. The Kier molecular flexibility index (Phi) is 5.18. The van der Waals surface area contributed by atoms with Gasteiger partial charge in [0.15, 0.2) is 0 Å². The number of hydrogen-bond donors (Lipinski definition) is 0. The summed E-state index contributed by atoms with van der Waals surface area (Å²) >= 11 is 0. The molecular formula is C20H26N6O. The van der Waals surface area contributed by atoms with Crippen molar-refractivity contribution in [1.82, 2.24) is 19.9 Å². The summed E-state index contributed by atoms with van der Waals surface area (Å²) < 4.78 is 0. The fourth-order valence-corrected chi connectivity index (χ4v) is 3.83. The van der Waals surface area contributed by atoms with E-state index in [0.29, 0.717) is 24.6 Å². The molecule has 4 heterocycles. The van der Waals surface area contributed by atoms with Crippen molar-refractivity contribution in [1.29, 1.82) is 0 Å². The average Bonchev–Trinajstić information content (AvgIpc) is 2.74. The third-order valence-corrected chi connectivity index (χ3v) is 5.37. The zero-order valence-corrected chi connectivity index (χ0v) is 15.8. The van der Waals surface area contributed by atoms with E-state index < -0.39 is 0 Å². The van der Waals surface area contributed by atoms with E-state index in [1.54, 1.807) is 18.6 Å². The molecule has 0 aliphatic carbocycles. The van der Waals surface area contributed by atoms with Gasteiger partial charge in [0.1, 0.15) is 5.82 Å². The van der Waals surface area contributed by atoms with Crippen molar-refractivity contribution in [2.24, 2.45) is 5.92 Å². The molecule has 7 nitrogen and oxygen atoms in total. The van der Waals surface area contributed by atoms with Crippen LogP contribution in [0.25, 0.3) is 0 Å². The molecule has 0 N–H and O–H groups in total. The van der Waals surface area contributed by atoms with Gasteiger partial charge in [0, 0.05) is 57.9 Å². The van der Waals surface area contributed by atoms with Crippen molar-refractivity contribution in [3.05, 3.63) is 42.4 Å². The normalized spacial score (nSPS) is 20.6. The second-order valence-electron chi connectivity index (χ2n) is 7.43. The van der Waals surface area contributed by atoms with E-state index in [-0.39, 0.29) is 5.91 Å². The van der Waals surface area contributed by atoms with Gasteiger partial charge in [-0.2, -0.15) is 0 Å². The van der Waals surface area contributed by atoms with E-state index in [2.05, 4.69) is 31.7 Å². The highest BCUT2D eigenvalue weighted by Gasteiger charge is 2.24. The number of piperidine rings is 1. The number of pyridine rings is 1. The lowest BCUT2D eigenvalue weighted by Gasteiger charge is -2.35. The highest BCUT2D eigenvalue weighted by atomic mass is 16.2. The standard InChI is InChI=1S/C20H26N6O/c1-16-5-4-8-26(15-16)20-22-13-17(14-23-20)19(27)25-11-9-24(10-12-25)18-6-2-3-7-21-18/h2-3,6-7,13-14,16H,4-5,8-12,15H2,1H3. The van der Waals surface area contributed by atoms with Crippen molar-refractivity contribution < 1.29 is 4.79 Å². The molecule has 2 aliphatic rings. The summed E-state index contributed by atoms with van der Waals surface area (Å²) in [4.78, 5) is 32.4.